The summed E-state index contributed by atoms with van der Waals surface area (Å²) in [5.41, 5.74) is 3.26. The Balaban J connectivity index is 2.19. The molecule has 3 rings (SSSR count). The van der Waals surface area contributed by atoms with E-state index in [-0.39, 0.29) is 0 Å². The van der Waals surface area contributed by atoms with Crippen molar-refractivity contribution in [1.82, 2.24) is 14.6 Å². The largest absolute Gasteiger partial charge is 0.264 e. The van der Waals surface area contributed by atoms with Gasteiger partial charge in [0.2, 0.25) is 0 Å². The molecular weight excluding hydrogens is 266 g/mol. The molecule has 3 aromatic rings. The predicted molar refractivity (Wildman–Crippen MR) is 66.1 cm³/mol. The van der Waals surface area contributed by atoms with Gasteiger partial charge in [-0.2, -0.15) is 5.10 Å². The van der Waals surface area contributed by atoms with Gasteiger partial charge in [0.05, 0.1) is 16.2 Å². The van der Waals surface area contributed by atoms with E-state index in [4.69, 9.17) is 0 Å². The lowest BCUT2D eigenvalue weighted by Crippen LogP contribution is -1.88. The number of fused-ring (bicyclic) bond motifs is 1. The van der Waals surface area contributed by atoms with Crippen LogP contribution >= 0.6 is 15.9 Å². The zero-order chi connectivity index (χ0) is 11.0. The van der Waals surface area contributed by atoms with E-state index in [1.807, 2.05) is 35.1 Å². The quantitative estimate of drug-likeness (QED) is 0.682. The van der Waals surface area contributed by atoms with Gasteiger partial charge in [0.25, 0.3) is 0 Å². The highest BCUT2D eigenvalue weighted by atomic mass is 79.9. The minimum atomic E-state index is 1.00. The summed E-state index contributed by atoms with van der Waals surface area (Å²) in [5.74, 6) is 0. The van der Waals surface area contributed by atoms with Crippen LogP contribution in [0.2, 0.25) is 0 Å². The first-order chi connectivity index (χ1) is 7.84. The topological polar surface area (TPSA) is 30.2 Å². The van der Waals surface area contributed by atoms with E-state index in [0.717, 1.165) is 21.1 Å². The molecule has 3 aromatic heterocycles. The van der Waals surface area contributed by atoms with Crippen molar-refractivity contribution in [3.05, 3.63) is 53.5 Å². The molecule has 0 aliphatic heterocycles. The van der Waals surface area contributed by atoms with Crippen molar-refractivity contribution in [2.24, 2.45) is 0 Å². The van der Waals surface area contributed by atoms with Crippen LogP contribution in [0.4, 0.5) is 0 Å². The summed E-state index contributed by atoms with van der Waals surface area (Å²) in [7, 11) is 0. The number of halogens is 1. The molecule has 0 aliphatic carbocycles. The molecule has 0 N–H and O–H groups in total. The van der Waals surface area contributed by atoms with Gasteiger partial charge in [-0.05, 0) is 28.1 Å². The molecule has 0 saturated heterocycles. The first-order valence-corrected chi connectivity index (χ1v) is 5.67. The van der Waals surface area contributed by atoms with Gasteiger partial charge in [-0.1, -0.05) is 12.1 Å². The molecule has 3 heterocycles. The van der Waals surface area contributed by atoms with E-state index in [1.165, 1.54) is 0 Å². The molecule has 0 fully saturated rings. The summed E-state index contributed by atoms with van der Waals surface area (Å²) in [5, 5.41) is 4.25. The number of aromatic nitrogens is 3. The molecule has 0 unspecified atom stereocenters. The van der Waals surface area contributed by atoms with E-state index in [1.54, 1.807) is 12.4 Å². The minimum absolute atomic E-state index is 1.00. The van der Waals surface area contributed by atoms with E-state index >= 15 is 0 Å². The maximum Gasteiger partial charge on any atom is 0.0804 e. The van der Waals surface area contributed by atoms with Gasteiger partial charge in [0.1, 0.15) is 0 Å². The summed E-state index contributed by atoms with van der Waals surface area (Å²) in [6, 6.07) is 8.07. The van der Waals surface area contributed by atoms with Crippen LogP contribution in [-0.4, -0.2) is 14.6 Å². The standard InChI is InChI=1S/C12H8BrN3/c13-11-7-15-16-8-10(3-4-12(11)16)9-2-1-5-14-6-9/h1-8H. The molecule has 0 atom stereocenters. The van der Waals surface area contributed by atoms with Crippen LogP contribution in [0.25, 0.3) is 16.6 Å². The van der Waals surface area contributed by atoms with Crippen LogP contribution in [0.3, 0.4) is 0 Å². The molecule has 0 radical (unpaired) electrons. The van der Waals surface area contributed by atoms with E-state index in [2.05, 4.69) is 32.1 Å². The lowest BCUT2D eigenvalue weighted by Gasteiger charge is -2.01. The Bertz CT molecular complexity index is 631. The Labute approximate surface area is 101 Å². The van der Waals surface area contributed by atoms with Crippen molar-refractivity contribution in [3.63, 3.8) is 0 Å². The van der Waals surface area contributed by atoms with Crippen LogP contribution in [0.15, 0.2) is 53.5 Å². The molecular formula is C12H8BrN3. The summed E-state index contributed by atoms with van der Waals surface area (Å²) in [6.45, 7) is 0. The maximum absolute atomic E-state index is 4.25. The Morgan fingerprint density at radius 2 is 2.00 bits per heavy atom. The first-order valence-electron chi connectivity index (χ1n) is 4.88. The monoisotopic (exact) mass is 273 g/mol. The van der Waals surface area contributed by atoms with Gasteiger partial charge in [-0.25, -0.2) is 4.52 Å². The third-order valence-corrected chi connectivity index (χ3v) is 3.07. The zero-order valence-corrected chi connectivity index (χ0v) is 9.92. The third-order valence-electron chi connectivity index (χ3n) is 2.46. The van der Waals surface area contributed by atoms with Crippen LogP contribution in [-0.2, 0) is 0 Å². The average Bonchev–Trinajstić information content (AvgIpc) is 2.72. The number of nitrogens with zero attached hydrogens (tertiary/aromatic N) is 3. The van der Waals surface area contributed by atoms with E-state index in [0.29, 0.717) is 0 Å². The Kier molecular flexibility index (Phi) is 2.22. The lowest BCUT2D eigenvalue weighted by atomic mass is 10.1. The van der Waals surface area contributed by atoms with Crippen LogP contribution in [0.1, 0.15) is 0 Å². The summed E-state index contributed by atoms with van der Waals surface area (Å²) >= 11 is 3.45. The highest BCUT2D eigenvalue weighted by Gasteiger charge is 2.02. The normalized spacial score (nSPS) is 10.8. The lowest BCUT2D eigenvalue weighted by molar-refractivity contribution is 0.962. The van der Waals surface area contributed by atoms with Crippen molar-refractivity contribution < 1.29 is 0 Å². The molecule has 0 saturated carbocycles. The van der Waals surface area contributed by atoms with Gasteiger partial charge in [-0.15, -0.1) is 0 Å². The van der Waals surface area contributed by atoms with Gasteiger partial charge >= 0.3 is 0 Å². The van der Waals surface area contributed by atoms with E-state index in [9.17, 15) is 0 Å². The van der Waals surface area contributed by atoms with Crippen molar-refractivity contribution in [3.8, 4) is 11.1 Å². The predicted octanol–water partition coefficient (Wildman–Crippen LogP) is 3.16. The van der Waals surface area contributed by atoms with Gasteiger partial charge in [-0.3, -0.25) is 4.98 Å². The second kappa shape index (κ2) is 3.72. The fourth-order valence-corrected chi connectivity index (χ4v) is 2.06. The fraction of sp³-hybridized carbons (Fsp3) is 0. The minimum Gasteiger partial charge on any atom is -0.264 e. The SMILES string of the molecule is Brc1cnn2cc(-c3cccnc3)ccc12. The van der Waals surface area contributed by atoms with Crippen molar-refractivity contribution >= 4 is 21.4 Å². The summed E-state index contributed by atoms with van der Waals surface area (Å²) in [4.78, 5) is 4.11. The van der Waals surface area contributed by atoms with Crippen molar-refractivity contribution in [2.75, 3.05) is 0 Å². The molecule has 0 aliphatic rings. The van der Waals surface area contributed by atoms with Gasteiger partial charge in [0, 0.05) is 29.7 Å². The maximum atomic E-state index is 4.25. The molecule has 78 valence electrons. The third kappa shape index (κ3) is 1.51. The molecule has 4 heteroatoms. The average molecular weight is 274 g/mol. The fourth-order valence-electron chi connectivity index (χ4n) is 1.66. The van der Waals surface area contributed by atoms with Crippen LogP contribution < -0.4 is 0 Å². The number of pyridine rings is 2. The Hall–Kier alpha value is -1.68. The van der Waals surface area contributed by atoms with Crippen molar-refractivity contribution in [2.45, 2.75) is 0 Å². The molecule has 0 bridgehead atoms. The Morgan fingerprint density at radius 1 is 1.06 bits per heavy atom. The second-order valence-corrected chi connectivity index (χ2v) is 4.34. The first kappa shape index (κ1) is 9.54. The number of hydrogen-bond acceptors (Lipinski definition) is 2. The van der Waals surface area contributed by atoms with Crippen LogP contribution in [0, 0.1) is 0 Å². The number of rotatable bonds is 1. The molecule has 3 nitrogen and oxygen atoms in total. The highest BCUT2D eigenvalue weighted by Crippen LogP contribution is 2.22. The molecule has 0 amide bonds. The highest BCUT2D eigenvalue weighted by molar-refractivity contribution is 9.10. The molecule has 0 spiro atoms. The number of hydrogen-bond donors (Lipinski definition) is 0. The zero-order valence-electron chi connectivity index (χ0n) is 8.34. The second-order valence-electron chi connectivity index (χ2n) is 3.48. The van der Waals surface area contributed by atoms with E-state index < -0.39 is 0 Å². The summed E-state index contributed by atoms with van der Waals surface area (Å²) in [6.07, 6.45) is 7.41. The smallest absolute Gasteiger partial charge is 0.0804 e. The summed E-state index contributed by atoms with van der Waals surface area (Å²) < 4.78 is 2.86. The van der Waals surface area contributed by atoms with Gasteiger partial charge in [0.15, 0.2) is 0 Å². The molecule has 0 aromatic carbocycles. The molecule has 16 heavy (non-hydrogen) atoms. The van der Waals surface area contributed by atoms with Crippen molar-refractivity contribution in [1.29, 1.82) is 0 Å². The Morgan fingerprint density at radius 3 is 2.81 bits per heavy atom. The van der Waals surface area contributed by atoms with Crippen LogP contribution in [0.5, 0.6) is 0 Å². The van der Waals surface area contributed by atoms with Gasteiger partial charge < -0.3 is 0 Å².